The minimum absolute atomic E-state index is 0.0577. The van der Waals surface area contributed by atoms with E-state index in [2.05, 4.69) is 4.98 Å². The number of carboxylic acids is 1. The molecule has 0 bridgehead atoms. The van der Waals surface area contributed by atoms with Crippen LogP contribution in [-0.2, 0) is 16.0 Å². The molecule has 5 heteroatoms. The SMILES string of the molecule is CN(CCc1ccncc1)C(=O)CCC(=O)O. The lowest BCUT2D eigenvalue weighted by molar-refractivity contribution is -0.140. The molecule has 0 saturated heterocycles. The van der Waals surface area contributed by atoms with Crippen molar-refractivity contribution in [2.24, 2.45) is 0 Å². The maximum absolute atomic E-state index is 11.5. The number of hydrogen-bond donors (Lipinski definition) is 1. The van der Waals surface area contributed by atoms with Gasteiger partial charge < -0.3 is 10.0 Å². The standard InChI is InChI=1S/C12H16N2O3/c1-14(11(15)2-3-12(16)17)9-6-10-4-7-13-8-5-10/h4-5,7-8H,2-3,6,9H2,1H3,(H,16,17). The Morgan fingerprint density at radius 1 is 1.29 bits per heavy atom. The number of likely N-dealkylation sites (N-methyl/N-ethyl adjacent to an activating group) is 1. The summed E-state index contributed by atoms with van der Waals surface area (Å²) in [4.78, 5) is 27.3. The normalized spacial score (nSPS) is 9.94. The van der Waals surface area contributed by atoms with Gasteiger partial charge in [0, 0.05) is 32.4 Å². The second kappa shape index (κ2) is 6.62. The molecule has 92 valence electrons. The molecule has 0 radical (unpaired) electrons. The number of carbonyl (C=O) groups is 2. The minimum atomic E-state index is -0.944. The van der Waals surface area contributed by atoms with Gasteiger partial charge in [0.1, 0.15) is 0 Å². The third-order valence-electron chi connectivity index (χ3n) is 2.46. The number of rotatable bonds is 6. The maximum Gasteiger partial charge on any atom is 0.303 e. The van der Waals surface area contributed by atoms with Crippen molar-refractivity contribution in [2.75, 3.05) is 13.6 Å². The zero-order valence-corrected chi connectivity index (χ0v) is 9.80. The van der Waals surface area contributed by atoms with Gasteiger partial charge in [-0.3, -0.25) is 14.6 Å². The predicted octanol–water partition coefficient (Wildman–Crippen LogP) is 0.947. The second-order valence-corrected chi connectivity index (χ2v) is 3.81. The van der Waals surface area contributed by atoms with Crippen molar-refractivity contribution >= 4 is 11.9 Å². The van der Waals surface area contributed by atoms with Gasteiger partial charge in [0.2, 0.25) is 5.91 Å². The molecule has 1 aromatic heterocycles. The van der Waals surface area contributed by atoms with Crippen molar-refractivity contribution in [3.63, 3.8) is 0 Å². The van der Waals surface area contributed by atoms with E-state index < -0.39 is 5.97 Å². The number of hydrogen-bond acceptors (Lipinski definition) is 3. The predicted molar refractivity (Wildman–Crippen MR) is 62.4 cm³/mol. The number of pyridine rings is 1. The van der Waals surface area contributed by atoms with Crippen molar-refractivity contribution in [2.45, 2.75) is 19.3 Å². The van der Waals surface area contributed by atoms with Crippen molar-refractivity contribution in [3.05, 3.63) is 30.1 Å². The molecule has 1 amide bonds. The van der Waals surface area contributed by atoms with E-state index in [1.165, 1.54) is 0 Å². The molecule has 17 heavy (non-hydrogen) atoms. The fourth-order valence-electron chi connectivity index (χ4n) is 1.38. The Morgan fingerprint density at radius 2 is 1.94 bits per heavy atom. The van der Waals surface area contributed by atoms with Crippen LogP contribution < -0.4 is 0 Å². The third-order valence-corrected chi connectivity index (χ3v) is 2.46. The molecule has 0 atom stereocenters. The maximum atomic E-state index is 11.5. The number of carbonyl (C=O) groups excluding carboxylic acids is 1. The lowest BCUT2D eigenvalue weighted by Crippen LogP contribution is -2.29. The molecule has 0 aliphatic rings. The van der Waals surface area contributed by atoms with Gasteiger partial charge in [0.05, 0.1) is 6.42 Å². The van der Waals surface area contributed by atoms with Crippen LogP contribution in [0.1, 0.15) is 18.4 Å². The monoisotopic (exact) mass is 236 g/mol. The highest BCUT2D eigenvalue weighted by atomic mass is 16.4. The molecule has 0 unspecified atom stereocenters. The Labute approximate surface area is 100 Å². The molecule has 0 aliphatic heterocycles. The van der Waals surface area contributed by atoms with Gasteiger partial charge in [-0.05, 0) is 24.1 Å². The van der Waals surface area contributed by atoms with E-state index >= 15 is 0 Å². The van der Waals surface area contributed by atoms with Gasteiger partial charge in [-0.1, -0.05) is 0 Å². The second-order valence-electron chi connectivity index (χ2n) is 3.81. The van der Waals surface area contributed by atoms with Crippen molar-refractivity contribution in [3.8, 4) is 0 Å². The van der Waals surface area contributed by atoms with Gasteiger partial charge in [0.25, 0.3) is 0 Å². The molecular formula is C12H16N2O3. The molecule has 5 nitrogen and oxygen atoms in total. The lowest BCUT2D eigenvalue weighted by Gasteiger charge is -2.16. The van der Waals surface area contributed by atoms with Crippen LogP contribution in [0.3, 0.4) is 0 Å². The van der Waals surface area contributed by atoms with Gasteiger partial charge >= 0.3 is 5.97 Å². The summed E-state index contributed by atoms with van der Waals surface area (Å²) in [5.41, 5.74) is 1.11. The molecule has 1 heterocycles. The van der Waals surface area contributed by atoms with E-state index in [0.29, 0.717) is 6.54 Å². The Hall–Kier alpha value is -1.91. The average Bonchev–Trinajstić information content (AvgIpc) is 2.34. The smallest absolute Gasteiger partial charge is 0.303 e. The molecule has 0 aliphatic carbocycles. The van der Waals surface area contributed by atoms with Crippen LogP contribution in [0.15, 0.2) is 24.5 Å². The number of aromatic nitrogens is 1. The number of carboxylic acid groups (broad SMARTS) is 1. The zero-order valence-electron chi connectivity index (χ0n) is 9.80. The van der Waals surface area contributed by atoms with Crippen molar-refractivity contribution < 1.29 is 14.7 Å². The van der Waals surface area contributed by atoms with E-state index in [4.69, 9.17) is 5.11 Å². The van der Waals surface area contributed by atoms with Crippen LogP contribution in [0.5, 0.6) is 0 Å². The number of aliphatic carboxylic acids is 1. The van der Waals surface area contributed by atoms with Crippen LogP contribution >= 0.6 is 0 Å². The Kier molecular flexibility index (Phi) is 5.13. The molecule has 1 aromatic rings. The van der Waals surface area contributed by atoms with E-state index in [1.54, 1.807) is 24.3 Å². The van der Waals surface area contributed by atoms with Crippen LogP contribution in [-0.4, -0.2) is 40.5 Å². The van der Waals surface area contributed by atoms with Gasteiger partial charge in [-0.2, -0.15) is 0 Å². The first-order chi connectivity index (χ1) is 8.09. The summed E-state index contributed by atoms with van der Waals surface area (Å²) in [7, 11) is 1.69. The number of nitrogens with zero attached hydrogens (tertiary/aromatic N) is 2. The highest BCUT2D eigenvalue weighted by Crippen LogP contribution is 2.01. The number of amides is 1. The van der Waals surface area contributed by atoms with E-state index in [1.807, 2.05) is 12.1 Å². The molecule has 1 N–H and O–H groups in total. The largest absolute Gasteiger partial charge is 0.481 e. The molecule has 0 aromatic carbocycles. The average molecular weight is 236 g/mol. The Balaban J connectivity index is 2.31. The van der Waals surface area contributed by atoms with E-state index in [9.17, 15) is 9.59 Å². The van der Waals surface area contributed by atoms with Crippen LogP contribution in [0.25, 0.3) is 0 Å². The first-order valence-electron chi connectivity index (χ1n) is 5.44. The Bertz CT molecular complexity index is 379. The fourth-order valence-corrected chi connectivity index (χ4v) is 1.38. The highest BCUT2D eigenvalue weighted by molar-refractivity contribution is 5.80. The summed E-state index contributed by atoms with van der Waals surface area (Å²) in [6, 6.07) is 3.80. The molecule has 0 saturated carbocycles. The van der Waals surface area contributed by atoms with Crippen LogP contribution in [0.2, 0.25) is 0 Å². The Morgan fingerprint density at radius 3 is 2.53 bits per heavy atom. The summed E-state index contributed by atoms with van der Waals surface area (Å²) in [5, 5.41) is 8.47. The lowest BCUT2D eigenvalue weighted by atomic mass is 10.2. The summed E-state index contributed by atoms with van der Waals surface area (Å²) < 4.78 is 0. The highest BCUT2D eigenvalue weighted by Gasteiger charge is 2.10. The van der Waals surface area contributed by atoms with Gasteiger partial charge in [-0.15, -0.1) is 0 Å². The third kappa shape index (κ3) is 5.10. The topological polar surface area (TPSA) is 70.5 Å². The molecule has 1 rings (SSSR count). The fraction of sp³-hybridized carbons (Fsp3) is 0.417. The van der Waals surface area contributed by atoms with Crippen LogP contribution in [0.4, 0.5) is 0 Å². The first kappa shape index (κ1) is 13.2. The summed E-state index contributed by atoms with van der Waals surface area (Å²) >= 11 is 0. The van der Waals surface area contributed by atoms with Crippen molar-refractivity contribution in [1.29, 1.82) is 0 Å². The summed E-state index contributed by atoms with van der Waals surface area (Å²) in [6.45, 7) is 0.586. The summed E-state index contributed by atoms with van der Waals surface area (Å²) in [5.74, 6) is -1.08. The van der Waals surface area contributed by atoms with Crippen molar-refractivity contribution in [1.82, 2.24) is 9.88 Å². The van der Waals surface area contributed by atoms with Crippen LogP contribution in [0, 0.1) is 0 Å². The zero-order chi connectivity index (χ0) is 12.7. The molecule has 0 spiro atoms. The molecular weight excluding hydrogens is 220 g/mol. The quantitative estimate of drug-likeness (QED) is 0.798. The minimum Gasteiger partial charge on any atom is -0.481 e. The first-order valence-corrected chi connectivity index (χ1v) is 5.44. The van der Waals surface area contributed by atoms with Gasteiger partial charge in [0.15, 0.2) is 0 Å². The summed E-state index contributed by atoms with van der Waals surface area (Å²) in [6.07, 6.45) is 4.11. The van der Waals surface area contributed by atoms with E-state index in [-0.39, 0.29) is 18.7 Å². The van der Waals surface area contributed by atoms with E-state index in [0.717, 1.165) is 12.0 Å². The van der Waals surface area contributed by atoms with Gasteiger partial charge in [-0.25, -0.2) is 0 Å². The molecule has 0 fully saturated rings.